The van der Waals surface area contributed by atoms with Crippen molar-refractivity contribution in [1.29, 1.82) is 5.26 Å². The smallest absolute Gasteiger partial charge is 0.240 e. The average Bonchev–Trinajstić information content (AvgIpc) is 2.73. The summed E-state index contributed by atoms with van der Waals surface area (Å²) in [5.41, 5.74) is 1.81. The molecule has 5 nitrogen and oxygen atoms in total. The highest BCUT2D eigenvalue weighted by Crippen LogP contribution is 2.11. The van der Waals surface area contributed by atoms with Crippen LogP contribution in [0, 0.1) is 11.3 Å². The summed E-state index contributed by atoms with van der Waals surface area (Å²) in [5.74, 6) is -0.108. The predicted octanol–water partition coefficient (Wildman–Crippen LogP) is 1.07. The lowest BCUT2D eigenvalue weighted by atomic mass is 10.3. The third-order valence-electron chi connectivity index (χ3n) is 2.40. The maximum absolute atomic E-state index is 11.6. The van der Waals surface area contributed by atoms with E-state index in [4.69, 9.17) is 5.26 Å². The number of para-hydroxylation sites is 2. The summed E-state index contributed by atoms with van der Waals surface area (Å²) in [5, 5.41) is 11.0. The Hall–Kier alpha value is -2.35. The van der Waals surface area contributed by atoms with E-state index in [1.807, 2.05) is 30.3 Å². The fourth-order valence-corrected chi connectivity index (χ4v) is 1.60. The van der Waals surface area contributed by atoms with Gasteiger partial charge in [-0.3, -0.25) is 4.79 Å². The largest absolute Gasteiger partial charge is 0.354 e. The predicted molar refractivity (Wildman–Crippen MR) is 63.0 cm³/mol. The standard InChI is InChI=1S/C12H12N4O/c13-6-3-7-14-12(17)8-16-9-15-10-4-1-2-5-11(10)16/h1-2,4-5,9H,3,7-8H2,(H,14,17). The number of hydrogen-bond acceptors (Lipinski definition) is 3. The van der Waals surface area contributed by atoms with Gasteiger partial charge in [-0.25, -0.2) is 4.98 Å². The molecule has 0 unspecified atom stereocenters. The van der Waals surface area contributed by atoms with Gasteiger partial charge in [0.05, 0.1) is 29.9 Å². The number of carbonyl (C=O) groups is 1. The van der Waals surface area contributed by atoms with Gasteiger partial charge in [-0.2, -0.15) is 5.26 Å². The van der Waals surface area contributed by atoms with Crippen LogP contribution in [-0.2, 0) is 11.3 Å². The molecule has 0 atom stereocenters. The summed E-state index contributed by atoms with van der Waals surface area (Å²) < 4.78 is 1.79. The van der Waals surface area contributed by atoms with Crippen LogP contribution in [0.2, 0.25) is 0 Å². The van der Waals surface area contributed by atoms with Gasteiger partial charge in [-0.1, -0.05) is 12.1 Å². The molecule has 0 spiro atoms. The van der Waals surface area contributed by atoms with E-state index < -0.39 is 0 Å². The van der Waals surface area contributed by atoms with Crippen LogP contribution in [0.1, 0.15) is 6.42 Å². The lowest BCUT2D eigenvalue weighted by Crippen LogP contribution is -2.27. The van der Waals surface area contributed by atoms with Crippen molar-refractivity contribution >= 4 is 16.9 Å². The zero-order chi connectivity index (χ0) is 12.1. The first-order valence-electron chi connectivity index (χ1n) is 5.35. The van der Waals surface area contributed by atoms with Gasteiger partial charge >= 0.3 is 0 Å². The average molecular weight is 228 g/mol. The number of hydrogen-bond donors (Lipinski definition) is 1. The second-order valence-electron chi connectivity index (χ2n) is 3.62. The Kier molecular flexibility index (Phi) is 3.36. The van der Waals surface area contributed by atoms with Gasteiger partial charge in [-0.05, 0) is 12.1 Å². The molecule has 0 aliphatic rings. The second-order valence-corrected chi connectivity index (χ2v) is 3.62. The minimum Gasteiger partial charge on any atom is -0.354 e. The van der Waals surface area contributed by atoms with Crippen molar-refractivity contribution in [3.63, 3.8) is 0 Å². The molecule has 2 rings (SSSR count). The summed E-state index contributed by atoms with van der Waals surface area (Å²) in [6.07, 6.45) is 1.98. The molecule has 1 aromatic heterocycles. The molecule has 0 fully saturated rings. The first-order chi connectivity index (χ1) is 8.31. The summed E-state index contributed by atoms with van der Waals surface area (Å²) in [4.78, 5) is 15.8. The van der Waals surface area contributed by atoms with E-state index in [9.17, 15) is 4.79 Å². The molecule has 1 amide bonds. The fraction of sp³-hybridized carbons (Fsp3) is 0.250. The maximum Gasteiger partial charge on any atom is 0.240 e. The van der Waals surface area contributed by atoms with E-state index in [1.54, 1.807) is 10.9 Å². The van der Waals surface area contributed by atoms with Gasteiger partial charge in [0.15, 0.2) is 0 Å². The zero-order valence-electron chi connectivity index (χ0n) is 9.26. The Balaban J connectivity index is 2.04. The lowest BCUT2D eigenvalue weighted by Gasteiger charge is -2.04. The van der Waals surface area contributed by atoms with Crippen molar-refractivity contribution in [2.24, 2.45) is 0 Å². The van der Waals surface area contributed by atoms with Crippen LogP contribution in [0.3, 0.4) is 0 Å². The molecule has 0 saturated carbocycles. The van der Waals surface area contributed by atoms with Crippen LogP contribution < -0.4 is 5.32 Å². The number of rotatable bonds is 4. The van der Waals surface area contributed by atoms with E-state index in [2.05, 4.69) is 10.3 Å². The normalized spacial score (nSPS) is 10.1. The molecular weight excluding hydrogens is 216 g/mol. The first kappa shape index (κ1) is 11.1. The second kappa shape index (κ2) is 5.12. The highest BCUT2D eigenvalue weighted by atomic mass is 16.1. The first-order valence-corrected chi connectivity index (χ1v) is 5.35. The topological polar surface area (TPSA) is 70.7 Å². The third-order valence-corrected chi connectivity index (χ3v) is 2.40. The Labute approximate surface area is 98.7 Å². The summed E-state index contributed by atoms with van der Waals surface area (Å²) in [6, 6.07) is 9.62. The molecule has 1 aromatic carbocycles. The van der Waals surface area contributed by atoms with Crippen molar-refractivity contribution in [2.45, 2.75) is 13.0 Å². The number of benzene rings is 1. The van der Waals surface area contributed by atoms with Crippen molar-refractivity contribution in [1.82, 2.24) is 14.9 Å². The van der Waals surface area contributed by atoms with Crippen LogP contribution in [0.25, 0.3) is 11.0 Å². The molecule has 86 valence electrons. The number of aromatic nitrogens is 2. The van der Waals surface area contributed by atoms with Gasteiger partial charge in [0.1, 0.15) is 6.54 Å². The minimum absolute atomic E-state index is 0.108. The molecule has 0 bridgehead atoms. The molecule has 0 aliphatic carbocycles. The van der Waals surface area contributed by atoms with Crippen LogP contribution >= 0.6 is 0 Å². The Morgan fingerprint density at radius 3 is 3.12 bits per heavy atom. The van der Waals surface area contributed by atoms with Crippen molar-refractivity contribution in [3.05, 3.63) is 30.6 Å². The number of carbonyl (C=O) groups excluding carboxylic acids is 1. The molecule has 0 aliphatic heterocycles. The number of imidazole rings is 1. The van der Waals surface area contributed by atoms with Crippen LogP contribution in [0.15, 0.2) is 30.6 Å². The van der Waals surface area contributed by atoms with E-state index in [0.717, 1.165) is 11.0 Å². The zero-order valence-corrected chi connectivity index (χ0v) is 9.26. The molecule has 2 aromatic rings. The van der Waals surface area contributed by atoms with Crippen LogP contribution in [-0.4, -0.2) is 22.0 Å². The number of amides is 1. The number of nitriles is 1. The Morgan fingerprint density at radius 1 is 1.47 bits per heavy atom. The highest BCUT2D eigenvalue weighted by Gasteiger charge is 2.05. The van der Waals surface area contributed by atoms with Gasteiger partial charge < -0.3 is 9.88 Å². The highest BCUT2D eigenvalue weighted by molar-refractivity contribution is 5.80. The summed E-state index contributed by atoms with van der Waals surface area (Å²) in [7, 11) is 0. The lowest BCUT2D eigenvalue weighted by molar-refractivity contribution is -0.121. The van der Waals surface area contributed by atoms with Gasteiger partial charge in [0.25, 0.3) is 0 Å². The monoisotopic (exact) mass is 228 g/mol. The van der Waals surface area contributed by atoms with Gasteiger partial charge in [-0.15, -0.1) is 0 Å². The van der Waals surface area contributed by atoms with E-state index in [0.29, 0.717) is 13.0 Å². The van der Waals surface area contributed by atoms with E-state index in [-0.39, 0.29) is 12.5 Å². The SMILES string of the molecule is N#CCCNC(=O)Cn1cnc2ccccc21. The molecule has 0 saturated heterocycles. The molecule has 5 heteroatoms. The molecule has 0 radical (unpaired) electrons. The molecule has 1 heterocycles. The van der Waals surface area contributed by atoms with E-state index >= 15 is 0 Å². The Morgan fingerprint density at radius 2 is 2.29 bits per heavy atom. The summed E-state index contributed by atoms with van der Waals surface area (Å²) in [6.45, 7) is 0.619. The number of nitrogens with one attached hydrogen (secondary N) is 1. The van der Waals surface area contributed by atoms with Crippen LogP contribution in [0.5, 0.6) is 0 Å². The molecular formula is C12H12N4O. The van der Waals surface area contributed by atoms with Crippen molar-refractivity contribution in [2.75, 3.05) is 6.54 Å². The molecule has 17 heavy (non-hydrogen) atoms. The molecule has 1 N–H and O–H groups in total. The quantitative estimate of drug-likeness (QED) is 0.795. The summed E-state index contributed by atoms with van der Waals surface area (Å²) >= 11 is 0. The number of nitrogens with zero attached hydrogens (tertiary/aromatic N) is 3. The number of fused-ring (bicyclic) bond motifs is 1. The minimum atomic E-state index is -0.108. The maximum atomic E-state index is 11.6. The Bertz CT molecular complexity index is 567. The van der Waals surface area contributed by atoms with E-state index in [1.165, 1.54) is 0 Å². The van der Waals surface area contributed by atoms with Gasteiger partial charge in [0.2, 0.25) is 5.91 Å². The van der Waals surface area contributed by atoms with Gasteiger partial charge in [0, 0.05) is 6.54 Å². The third kappa shape index (κ3) is 2.61. The van der Waals surface area contributed by atoms with Crippen molar-refractivity contribution < 1.29 is 4.79 Å². The fourth-order valence-electron chi connectivity index (χ4n) is 1.60. The van der Waals surface area contributed by atoms with Crippen LogP contribution in [0.4, 0.5) is 0 Å². The van der Waals surface area contributed by atoms with Crippen molar-refractivity contribution in [3.8, 4) is 6.07 Å².